The molecule has 0 aliphatic carbocycles. The Labute approximate surface area is 130 Å². The van der Waals surface area contributed by atoms with Crippen molar-refractivity contribution in [3.8, 4) is 11.4 Å². The van der Waals surface area contributed by atoms with Crippen molar-refractivity contribution < 1.29 is 9.13 Å². The smallest absolute Gasteiger partial charge is 0.356 e. The maximum absolute atomic E-state index is 13.4. The van der Waals surface area contributed by atoms with E-state index >= 15 is 0 Å². The molecule has 2 aromatic heterocycles. The molecule has 0 amide bonds. The molecule has 0 spiro atoms. The van der Waals surface area contributed by atoms with E-state index in [1.807, 2.05) is 29.7 Å². The molecule has 0 fully saturated rings. The van der Waals surface area contributed by atoms with Crippen molar-refractivity contribution in [1.29, 1.82) is 0 Å². The van der Waals surface area contributed by atoms with Gasteiger partial charge in [0.15, 0.2) is 5.16 Å². The van der Waals surface area contributed by atoms with Crippen molar-refractivity contribution in [2.45, 2.75) is 12.1 Å². The molecule has 0 unspecified atom stereocenters. The van der Waals surface area contributed by atoms with Gasteiger partial charge in [-0.1, -0.05) is 18.7 Å². The van der Waals surface area contributed by atoms with E-state index in [1.54, 1.807) is 0 Å². The van der Waals surface area contributed by atoms with Gasteiger partial charge in [0.2, 0.25) is 0 Å². The van der Waals surface area contributed by atoms with E-state index in [-0.39, 0.29) is 5.75 Å². The minimum absolute atomic E-state index is 0.280. The Morgan fingerprint density at radius 3 is 2.91 bits per heavy atom. The number of halogens is 1. The lowest BCUT2D eigenvalue weighted by atomic mass is 10.2. The molecule has 114 valence electrons. The number of ether oxygens (including phenoxy) is 1. The largest absolute Gasteiger partial charge is 0.494 e. The Morgan fingerprint density at radius 1 is 1.36 bits per heavy atom. The Morgan fingerprint density at radius 2 is 2.18 bits per heavy atom. The molecule has 3 aromatic rings. The first kappa shape index (κ1) is 14.6. The molecule has 5 nitrogen and oxygen atoms in total. The fourth-order valence-electron chi connectivity index (χ4n) is 2.29. The van der Waals surface area contributed by atoms with Gasteiger partial charge in [0.05, 0.1) is 12.8 Å². The molecule has 3 rings (SSSR count). The van der Waals surface area contributed by atoms with Crippen LogP contribution in [0.15, 0.2) is 46.5 Å². The van der Waals surface area contributed by atoms with Crippen molar-refractivity contribution in [3.05, 3.63) is 52.8 Å². The van der Waals surface area contributed by atoms with Gasteiger partial charge in [0.1, 0.15) is 17.2 Å². The van der Waals surface area contributed by atoms with Crippen LogP contribution >= 0.6 is 11.8 Å². The first-order valence-electron chi connectivity index (χ1n) is 6.72. The molecule has 0 bridgehead atoms. The average molecular weight is 319 g/mol. The van der Waals surface area contributed by atoms with Crippen molar-refractivity contribution in [2.24, 2.45) is 0 Å². The molecular weight excluding hydrogens is 305 g/mol. The summed E-state index contributed by atoms with van der Waals surface area (Å²) in [5, 5.41) is 0.629. The molecule has 0 aliphatic rings. The van der Waals surface area contributed by atoms with Crippen LogP contribution in [-0.4, -0.2) is 26.8 Å². The highest BCUT2D eigenvalue weighted by Crippen LogP contribution is 2.25. The number of aromatic nitrogens is 3. The third-order valence-corrected chi connectivity index (χ3v) is 4.04. The van der Waals surface area contributed by atoms with Crippen LogP contribution in [-0.2, 0) is 0 Å². The maximum Gasteiger partial charge on any atom is 0.356 e. The number of hydrogen-bond acceptors (Lipinski definition) is 4. The predicted molar refractivity (Wildman–Crippen MR) is 83.7 cm³/mol. The molecule has 0 atom stereocenters. The predicted octanol–water partition coefficient (Wildman–Crippen LogP) is 2.74. The molecule has 0 saturated carbocycles. The molecule has 22 heavy (non-hydrogen) atoms. The Balaban J connectivity index is 2.33. The van der Waals surface area contributed by atoms with Crippen LogP contribution < -0.4 is 10.4 Å². The zero-order valence-electron chi connectivity index (χ0n) is 12.1. The van der Waals surface area contributed by atoms with Gasteiger partial charge in [-0.3, -0.25) is 4.40 Å². The lowest BCUT2D eigenvalue weighted by Crippen LogP contribution is -2.25. The van der Waals surface area contributed by atoms with Crippen molar-refractivity contribution in [2.75, 3.05) is 12.9 Å². The van der Waals surface area contributed by atoms with Gasteiger partial charge in [-0.05, 0) is 30.0 Å². The number of methoxy groups -OCH3 is 1. The third kappa shape index (κ3) is 2.37. The average Bonchev–Trinajstić information content (AvgIpc) is 2.98. The summed E-state index contributed by atoms with van der Waals surface area (Å²) in [6.07, 6.45) is 1.84. The van der Waals surface area contributed by atoms with Gasteiger partial charge in [-0.25, -0.2) is 13.8 Å². The van der Waals surface area contributed by atoms with E-state index in [9.17, 15) is 9.18 Å². The molecule has 7 heteroatoms. The van der Waals surface area contributed by atoms with Crippen LogP contribution in [0.4, 0.5) is 4.39 Å². The lowest BCUT2D eigenvalue weighted by molar-refractivity contribution is 0.409. The normalized spacial score (nSPS) is 11.0. The van der Waals surface area contributed by atoms with E-state index in [4.69, 9.17) is 4.74 Å². The van der Waals surface area contributed by atoms with E-state index in [2.05, 4.69) is 4.98 Å². The minimum atomic E-state index is -0.425. The van der Waals surface area contributed by atoms with Crippen LogP contribution in [0.25, 0.3) is 11.3 Å². The highest BCUT2D eigenvalue weighted by molar-refractivity contribution is 7.99. The summed E-state index contributed by atoms with van der Waals surface area (Å²) in [7, 11) is 1.44. The van der Waals surface area contributed by atoms with E-state index in [1.165, 1.54) is 41.6 Å². The number of rotatable bonds is 4. The summed E-state index contributed by atoms with van der Waals surface area (Å²) in [5.74, 6) is 0.665. The Hall–Kier alpha value is -2.28. The van der Waals surface area contributed by atoms with Crippen LogP contribution in [0.3, 0.4) is 0 Å². The maximum atomic E-state index is 13.4. The van der Waals surface area contributed by atoms with Gasteiger partial charge >= 0.3 is 5.69 Å². The van der Waals surface area contributed by atoms with E-state index < -0.39 is 11.5 Å². The van der Waals surface area contributed by atoms with Gasteiger partial charge in [-0.2, -0.15) is 4.98 Å². The molecule has 0 radical (unpaired) electrons. The second kappa shape index (κ2) is 5.84. The number of fused-ring (bicyclic) bond motifs is 1. The Bertz CT molecular complexity index is 888. The molecule has 0 saturated heterocycles. The second-order valence-corrected chi connectivity index (χ2v) is 5.73. The van der Waals surface area contributed by atoms with Gasteiger partial charge < -0.3 is 4.74 Å². The number of nitrogens with zero attached hydrogens (tertiary/aromatic N) is 3. The van der Waals surface area contributed by atoms with Gasteiger partial charge in [0, 0.05) is 12.3 Å². The fourth-order valence-corrected chi connectivity index (χ4v) is 2.99. The first-order valence-corrected chi connectivity index (χ1v) is 7.71. The summed E-state index contributed by atoms with van der Waals surface area (Å²) >= 11 is 1.49. The summed E-state index contributed by atoms with van der Waals surface area (Å²) in [6, 6.07) is 7.69. The zero-order valence-corrected chi connectivity index (χ0v) is 12.9. The molecule has 1 aromatic carbocycles. The van der Waals surface area contributed by atoms with Crippen molar-refractivity contribution in [1.82, 2.24) is 14.0 Å². The van der Waals surface area contributed by atoms with Crippen LogP contribution in [0, 0.1) is 5.82 Å². The molecular formula is C15H14FN3O2S. The number of benzene rings is 1. The van der Waals surface area contributed by atoms with Gasteiger partial charge in [0.25, 0.3) is 0 Å². The molecule has 0 N–H and O–H groups in total. The molecule has 0 aliphatic heterocycles. The van der Waals surface area contributed by atoms with Crippen molar-refractivity contribution in [3.63, 3.8) is 0 Å². The quantitative estimate of drug-likeness (QED) is 0.694. The summed E-state index contributed by atoms with van der Waals surface area (Å²) in [4.78, 5) is 16.6. The second-order valence-electron chi connectivity index (χ2n) is 4.50. The third-order valence-electron chi connectivity index (χ3n) is 3.20. The SMILES string of the molecule is CCSc1nc(=O)n(-c2ccc(F)cc2OC)c2cccn12. The van der Waals surface area contributed by atoms with Crippen LogP contribution in [0.2, 0.25) is 0 Å². The lowest BCUT2D eigenvalue weighted by Gasteiger charge is -2.13. The number of thioether (sulfide) groups is 1. The minimum Gasteiger partial charge on any atom is -0.494 e. The van der Waals surface area contributed by atoms with Crippen molar-refractivity contribution >= 4 is 17.4 Å². The highest BCUT2D eigenvalue weighted by Gasteiger charge is 2.15. The zero-order chi connectivity index (χ0) is 15.7. The van der Waals surface area contributed by atoms with Crippen LogP contribution in [0.5, 0.6) is 5.75 Å². The summed E-state index contributed by atoms with van der Waals surface area (Å²) in [6.45, 7) is 2.00. The molecule has 2 heterocycles. The number of hydrogen-bond donors (Lipinski definition) is 0. The first-order chi connectivity index (χ1) is 10.7. The van der Waals surface area contributed by atoms with E-state index in [0.29, 0.717) is 16.5 Å². The summed E-state index contributed by atoms with van der Waals surface area (Å²) < 4.78 is 21.8. The van der Waals surface area contributed by atoms with Gasteiger partial charge in [-0.15, -0.1) is 0 Å². The monoisotopic (exact) mass is 319 g/mol. The van der Waals surface area contributed by atoms with Crippen LogP contribution in [0.1, 0.15) is 6.92 Å². The highest BCUT2D eigenvalue weighted by atomic mass is 32.2. The standard InChI is InChI=1S/C15H14FN3O2S/c1-3-22-15-17-14(20)19(13-5-4-8-18(13)15)11-7-6-10(16)9-12(11)21-2/h4-9H,3H2,1-2H3. The summed E-state index contributed by atoms with van der Waals surface area (Å²) in [5.41, 5.74) is 0.686. The topological polar surface area (TPSA) is 48.5 Å². The van der Waals surface area contributed by atoms with E-state index in [0.717, 1.165) is 5.75 Å². The Kier molecular flexibility index (Phi) is 3.89. The fraction of sp³-hybridized carbons (Fsp3) is 0.200.